The fourth-order valence-corrected chi connectivity index (χ4v) is 1.44. The third-order valence-electron chi connectivity index (χ3n) is 1.39. The van der Waals surface area contributed by atoms with Gasteiger partial charge in [-0.1, -0.05) is 4.98 Å². The minimum Gasteiger partial charge on any atom is -0.550 e. The summed E-state index contributed by atoms with van der Waals surface area (Å²) in [4.78, 5) is 19.6. The molecule has 1 aromatic rings. The maximum atomic E-state index is 10.2. The first-order valence-corrected chi connectivity index (χ1v) is 4.99. The van der Waals surface area contributed by atoms with Gasteiger partial charge in [0, 0.05) is 24.3 Å². The first kappa shape index (κ1) is 11.1. The smallest absolute Gasteiger partial charge is 0.315 e. The first-order valence-electron chi connectivity index (χ1n) is 3.71. The molecule has 1 aromatic heterocycles. The Labute approximate surface area is 89.1 Å². The highest BCUT2D eigenvalue weighted by Gasteiger charge is 2.07. The number of carbonyl (C=O) groups excluding carboxylic acids is 1. The zero-order valence-electron chi connectivity index (χ0n) is 7.07. The second-order valence-corrected chi connectivity index (χ2v) is 3.46. The lowest BCUT2D eigenvalue weighted by Gasteiger charge is -1.97. The van der Waals surface area contributed by atoms with E-state index in [1.807, 2.05) is 0 Å². The number of aryl methyl sites for hydroxylation is 1. The monoisotopic (exact) mass is 232 g/mol. The van der Waals surface area contributed by atoms with Crippen LogP contribution in [0.25, 0.3) is 0 Å². The second kappa shape index (κ2) is 5.03. The van der Waals surface area contributed by atoms with Crippen molar-refractivity contribution >= 4 is 30.1 Å². The van der Waals surface area contributed by atoms with Crippen LogP contribution in [0.2, 0.25) is 0 Å². The van der Waals surface area contributed by atoms with Gasteiger partial charge in [-0.15, -0.1) is 0 Å². The molecule has 76 valence electrons. The van der Waals surface area contributed by atoms with E-state index >= 15 is 0 Å². The Morgan fingerprint density at radius 2 is 2.50 bits per heavy atom. The van der Waals surface area contributed by atoms with Crippen LogP contribution in [0.4, 0.5) is 0 Å². The van der Waals surface area contributed by atoms with Gasteiger partial charge in [-0.3, -0.25) is 5.14 Å². The van der Waals surface area contributed by atoms with E-state index in [9.17, 15) is 9.90 Å². The SMILES string of the molecule is NSc1nc(CCC(=O)[O-])[nH]c(=S)[nH+]1. The summed E-state index contributed by atoms with van der Waals surface area (Å²) in [6.07, 6.45) is 0.144. The van der Waals surface area contributed by atoms with Crippen LogP contribution < -0.4 is 15.2 Å². The summed E-state index contributed by atoms with van der Waals surface area (Å²) >= 11 is 5.77. The largest absolute Gasteiger partial charge is 0.550 e. The lowest BCUT2D eigenvalue weighted by molar-refractivity contribution is -0.447. The molecular weight excluding hydrogens is 224 g/mol. The number of nitrogens with one attached hydrogen (secondary N) is 2. The van der Waals surface area contributed by atoms with Gasteiger partial charge in [0.2, 0.25) is 5.82 Å². The van der Waals surface area contributed by atoms with Gasteiger partial charge in [0.15, 0.2) is 0 Å². The number of hydrogen-bond donors (Lipinski definition) is 2. The van der Waals surface area contributed by atoms with Crippen LogP contribution in [-0.2, 0) is 11.2 Å². The van der Waals surface area contributed by atoms with Crippen molar-refractivity contribution in [2.45, 2.75) is 18.0 Å². The average molecular weight is 232 g/mol. The molecule has 0 aliphatic rings. The highest BCUT2D eigenvalue weighted by Crippen LogP contribution is 2.01. The topological polar surface area (TPSA) is 109 Å². The Balaban J connectivity index is 2.81. The Bertz CT molecular complexity index is 392. The van der Waals surface area contributed by atoms with Crippen molar-refractivity contribution < 1.29 is 14.9 Å². The molecule has 0 aliphatic heterocycles. The van der Waals surface area contributed by atoms with Crippen LogP contribution in [0.3, 0.4) is 0 Å². The van der Waals surface area contributed by atoms with Crippen molar-refractivity contribution in [2.24, 2.45) is 5.14 Å². The summed E-state index contributed by atoms with van der Waals surface area (Å²) in [5.41, 5.74) is 0. The normalized spacial score (nSPS) is 10.1. The number of nitrogens with two attached hydrogens (primary N) is 1. The van der Waals surface area contributed by atoms with E-state index in [0.717, 1.165) is 11.9 Å². The maximum Gasteiger partial charge on any atom is 0.315 e. The van der Waals surface area contributed by atoms with Crippen molar-refractivity contribution in [1.82, 2.24) is 9.97 Å². The quantitative estimate of drug-likeness (QED) is 0.488. The minimum atomic E-state index is -1.12. The Kier molecular flexibility index (Phi) is 3.98. The standard InChI is InChI=1S/C6H8N4O2S2/c7-14-6-9-3(1-2-4(11)12)8-5(13)10-6/h1-2,7H2,(H,11,12)(H,8,9,10,13). The molecule has 4 N–H and O–H groups in total. The molecule has 0 atom stereocenters. The number of carbonyl (C=O) groups is 1. The Hall–Kier alpha value is -0.990. The molecule has 1 rings (SSSR count). The van der Waals surface area contributed by atoms with E-state index in [2.05, 4.69) is 15.0 Å². The van der Waals surface area contributed by atoms with Gasteiger partial charge >= 0.3 is 5.16 Å². The molecule has 0 aliphatic carbocycles. The van der Waals surface area contributed by atoms with Gasteiger partial charge in [0.25, 0.3) is 4.77 Å². The fraction of sp³-hybridized carbons (Fsp3) is 0.333. The molecule has 0 unspecified atom stereocenters. The number of H-pyrrole nitrogens is 2. The lowest BCUT2D eigenvalue weighted by Crippen LogP contribution is -2.23. The number of carboxylic acid groups (broad SMARTS) is 1. The van der Waals surface area contributed by atoms with Crippen LogP contribution in [0, 0.1) is 4.77 Å². The number of aliphatic carboxylic acids is 1. The van der Waals surface area contributed by atoms with Crippen molar-refractivity contribution in [1.29, 1.82) is 0 Å². The summed E-state index contributed by atoms with van der Waals surface area (Å²) in [6.45, 7) is 0. The number of aromatic amines is 2. The molecule has 0 radical (unpaired) electrons. The summed E-state index contributed by atoms with van der Waals surface area (Å²) in [7, 11) is 0. The number of nitrogens with zero attached hydrogens (tertiary/aromatic N) is 1. The molecule has 8 heteroatoms. The van der Waals surface area contributed by atoms with Crippen molar-refractivity contribution in [3.63, 3.8) is 0 Å². The zero-order chi connectivity index (χ0) is 10.6. The van der Waals surface area contributed by atoms with Crippen molar-refractivity contribution in [2.75, 3.05) is 0 Å². The molecule has 0 amide bonds. The molecule has 1 heterocycles. The lowest BCUT2D eigenvalue weighted by atomic mass is 10.3. The van der Waals surface area contributed by atoms with Crippen molar-refractivity contribution in [3.8, 4) is 0 Å². The third-order valence-corrected chi connectivity index (χ3v) is 2.01. The molecule has 0 saturated carbocycles. The fourth-order valence-electron chi connectivity index (χ4n) is 0.833. The molecular formula is C6H8N4O2S2. The summed E-state index contributed by atoms with van der Waals surface area (Å²) in [5, 5.41) is 15.9. The molecule has 14 heavy (non-hydrogen) atoms. The second-order valence-electron chi connectivity index (χ2n) is 2.43. The molecule has 6 nitrogen and oxygen atoms in total. The number of rotatable bonds is 4. The predicted octanol–water partition coefficient (Wildman–Crippen LogP) is -1.40. The number of aromatic nitrogens is 3. The van der Waals surface area contributed by atoms with Crippen LogP contribution in [0.5, 0.6) is 0 Å². The van der Waals surface area contributed by atoms with Gasteiger partial charge in [0.05, 0.1) is 0 Å². The van der Waals surface area contributed by atoms with Crippen LogP contribution in [0.1, 0.15) is 12.2 Å². The van der Waals surface area contributed by atoms with E-state index < -0.39 is 5.97 Å². The molecule has 0 fully saturated rings. The van der Waals surface area contributed by atoms with E-state index in [1.54, 1.807) is 0 Å². The van der Waals surface area contributed by atoms with Crippen molar-refractivity contribution in [3.05, 3.63) is 10.6 Å². The van der Waals surface area contributed by atoms with Crippen LogP contribution in [-0.4, -0.2) is 15.9 Å². The van der Waals surface area contributed by atoms with Crippen LogP contribution >= 0.6 is 24.2 Å². The van der Waals surface area contributed by atoms with Gasteiger partial charge in [-0.25, -0.2) is 9.97 Å². The molecule has 0 saturated heterocycles. The summed E-state index contributed by atoms with van der Waals surface area (Å²) in [6, 6.07) is 0. The Morgan fingerprint density at radius 1 is 1.79 bits per heavy atom. The van der Waals surface area contributed by atoms with Gasteiger partial charge < -0.3 is 9.90 Å². The predicted molar refractivity (Wildman–Crippen MR) is 49.3 cm³/mol. The van der Waals surface area contributed by atoms with Crippen LogP contribution in [0.15, 0.2) is 5.16 Å². The summed E-state index contributed by atoms with van der Waals surface area (Å²) in [5.74, 6) is -0.646. The minimum absolute atomic E-state index is 0.100. The number of carboxylic acids is 1. The van der Waals surface area contributed by atoms with Gasteiger partial charge in [0.1, 0.15) is 0 Å². The van der Waals surface area contributed by atoms with Gasteiger partial charge in [-0.2, -0.15) is 0 Å². The first-order chi connectivity index (χ1) is 6.61. The summed E-state index contributed by atoms with van der Waals surface area (Å²) < 4.78 is 0.362. The molecule has 0 spiro atoms. The van der Waals surface area contributed by atoms with E-state index in [4.69, 9.17) is 17.4 Å². The zero-order valence-corrected chi connectivity index (χ0v) is 8.70. The highest BCUT2D eigenvalue weighted by atomic mass is 32.2. The van der Waals surface area contributed by atoms with E-state index in [1.165, 1.54) is 0 Å². The van der Waals surface area contributed by atoms with Gasteiger partial charge in [-0.05, 0) is 18.6 Å². The number of hydrogen-bond acceptors (Lipinski definition) is 6. The Morgan fingerprint density at radius 3 is 3.07 bits per heavy atom. The molecule has 0 bridgehead atoms. The van der Waals surface area contributed by atoms with E-state index in [-0.39, 0.29) is 12.8 Å². The third kappa shape index (κ3) is 3.40. The van der Waals surface area contributed by atoms with E-state index in [0.29, 0.717) is 15.8 Å². The molecule has 0 aromatic carbocycles. The maximum absolute atomic E-state index is 10.2. The average Bonchev–Trinajstić information content (AvgIpc) is 2.14. The highest BCUT2D eigenvalue weighted by molar-refractivity contribution is 7.96.